The Morgan fingerprint density at radius 1 is 0.246 bits per heavy atom. The van der Waals surface area contributed by atoms with Crippen LogP contribution < -0.4 is 4.90 Å². The molecule has 0 fully saturated rings. The Bertz CT molecular complexity index is 2960. The van der Waals surface area contributed by atoms with E-state index in [1.165, 1.54) is 77.2 Å². The number of rotatable bonds is 8. The maximum absolute atomic E-state index is 2.43. The number of nitrogens with zero attached hydrogens (tertiary/aromatic N) is 1. The molecule has 0 atom stereocenters. The fourth-order valence-electron chi connectivity index (χ4n) is 8.46. The Morgan fingerprint density at radius 2 is 0.702 bits per heavy atom. The first-order valence-corrected chi connectivity index (χ1v) is 19.6. The molecule has 1 heteroatoms. The van der Waals surface area contributed by atoms with Gasteiger partial charge in [-0.05, 0) is 103 Å². The molecular formula is C56H39N. The van der Waals surface area contributed by atoms with Crippen LogP contribution in [0, 0.1) is 0 Å². The third kappa shape index (κ3) is 6.36. The Kier molecular flexibility index (Phi) is 8.95. The summed E-state index contributed by atoms with van der Waals surface area (Å²) in [5.74, 6) is 0. The lowest BCUT2D eigenvalue weighted by atomic mass is 9.84. The quantitative estimate of drug-likeness (QED) is 0.141. The van der Waals surface area contributed by atoms with Crippen molar-refractivity contribution in [2.75, 3.05) is 4.90 Å². The van der Waals surface area contributed by atoms with Gasteiger partial charge in [0.2, 0.25) is 0 Å². The summed E-state index contributed by atoms with van der Waals surface area (Å²) >= 11 is 0. The highest BCUT2D eigenvalue weighted by molar-refractivity contribution is 6.25. The van der Waals surface area contributed by atoms with Crippen LogP contribution in [0.25, 0.3) is 77.2 Å². The second-order valence-electron chi connectivity index (χ2n) is 14.4. The van der Waals surface area contributed by atoms with Crippen molar-refractivity contribution in [3.8, 4) is 55.6 Å². The van der Waals surface area contributed by atoms with Crippen LogP contribution in [0.4, 0.5) is 17.1 Å². The van der Waals surface area contributed by atoms with Gasteiger partial charge in [-0.15, -0.1) is 0 Å². The smallest absolute Gasteiger partial charge is 0.0546 e. The van der Waals surface area contributed by atoms with Crippen LogP contribution in [0.5, 0.6) is 0 Å². The monoisotopic (exact) mass is 725 g/mol. The second kappa shape index (κ2) is 15.0. The van der Waals surface area contributed by atoms with Crippen LogP contribution in [0.15, 0.2) is 237 Å². The van der Waals surface area contributed by atoms with Gasteiger partial charge in [0, 0.05) is 22.3 Å². The van der Waals surface area contributed by atoms with E-state index in [-0.39, 0.29) is 0 Å². The maximum Gasteiger partial charge on any atom is 0.0546 e. The SMILES string of the molecule is c1ccc(-c2ccc(-c3ccc(N(c4ccccc4)c4cccc5c4c(-c4ccccc4)c(-c4ccccc4)c4ccccc45)cc3)cc2-c2ccccc2)cc1. The van der Waals surface area contributed by atoms with Gasteiger partial charge in [0.1, 0.15) is 0 Å². The van der Waals surface area contributed by atoms with Crippen LogP contribution in [0.2, 0.25) is 0 Å². The average Bonchev–Trinajstić information content (AvgIpc) is 3.30. The Hall–Kier alpha value is -7.48. The molecule has 10 aromatic carbocycles. The third-order valence-electron chi connectivity index (χ3n) is 11.1. The van der Waals surface area contributed by atoms with E-state index in [9.17, 15) is 0 Å². The summed E-state index contributed by atoms with van der Waals surface area (Å²) in [7, 11) is 0. The molecule has 0 aliphatic carbocycles. The third-order valence-corrected chi connectivity index (χ3v) is 11.1. The van der Waals surface area contributed by atoms with Crippen molar-refractivity contribution in [3.63, 3.8) is 0 Å². The van der Waals surface area contributed by atoms with Crippen LogP contribution in [-0.4, -0.2) is 0 Å². The topological polar surface area (TPSA) is 3.24 Å². The Balaban J connectivity index is 1.19. The molecule has 268 valence electrons. The number of hydrogen-bond donors (Lipinski definition) is 0. The zero-order valence-electron chi connectivity index (χ0n) is 31.5. The molecule has 0 aromatic heterocycles. The molecule has 0 aliphatic heterocycles. The van der Waals surface area contributed by atoms with Crippen LogP contribution >= 0.6 is 0 Å². The summed E-state index contributed by atoms with van der Waals surface area (Å²) in [5, 5.41) is 4.93. The molecular weight excluding hydrogens is 687 g/mol. The van der Waals surface area contributed by atoms with Gasteiger partial charge in [0.05, 0.1) is 5.69 Å². The highest BCUT2D eigenvalue weighted by Crippen LogP contribution is 2.50. The molecule has 0 saturated heterocycles. The highest BCUT2D eigenvalue weighted by Gasteiger charge is 2.23. The first kappa shape index (κ1) is 34.0. The fourth-order valence-corrected chi connectivity index (χ4v) is 8.46. The molecule has 1 nitrogen and oxygen atoms in total. The predicted molar refractivity (Wildman–Crippen MR) is 243 cm³/mol. The second-order valence-corrected chi connectivity index (χ2v) is 14.4. The minimum atomic E-state index is 1.09. The van der Waals surface area contributed by atoms with Gasteiger partial charge in [0.15, 0.2) is 0 Å². The molecule has 0 saturated carbocycles. The average molecular weight is 726 g/mol. The van der Waals surface area contributed by atoms with Crippen molar-refractivity contribution < 1.29 is 0 Å². The molecule has 0 amide bonds. The lowest BCUT2D eigenvalue weighted by Gasteiger charge is -2.29. The zero-order valence-corrected chi connectivity index (χ0v) is 31.5. The molecule has 10 rings (SSSR count). The zero-order chi connectivity index (χ0) is 38.0. The van der Waals surface area contributed by atoms with Crippen molar-refractivity contribution >= 4 is 38.6 Å². The van der Waals surface area contributed by atoms with Gasteiger partial charge in [-0.25, -0.2) is 0 Å². The van der Waals surface area contributed by atoms with Crippen molar-refractivity contribution in [2.45, 2.75) is 0 Å². The molecule has 0 radical (unpaired) electrons. The van der Waals surface area contributed by atoms with E-state index in [1.54, 1.807) is 0 Å². The summed E-state index contributed by atoms with van der Waals surface area (Å²) < 4.78 is 0. The number of fused-ring (bicyclic) bond motifs is 3. The summed E-state index contributed by atoms with van der Waals surface area (Å²) in [6, 6.07) is 85.6. The Morgan fingerprint density at radius 3 is 1.32 bits per heavy atom. The van der Waals surface area contributed by atoms with Crippen LogP contribution in [-0.2, 0) is 0 Å². The normalized spacial score (nSPS) is 11.2. The molecule has 0 spiro atoms. The highest BCUT2D eigenvalue weighted by atomic mass is 15.1. The van der Waals surface area contributed by atoms with Gasteiger partial charge in [0.25, 0.3) is 0 Å². The lowest BCUT2D eigenvalue weighted by Crippen LogP contribution is -2.11. The fraction of sp³-hybridized carbons (Fsp3) is 0. The molecule has 10 aromatic rings. The predicted octanol–water partition coefficient (Wildman–Crippen LogP) is 15.8. The number of anilines is 3. The minimum absolute atomic E-state index is 1.09. The summed E-state index contributed by atoms with van der Waals surface area (Å²) in [4.78, 5) is 2.43. The van der Waals surface area contributed by atoms with E-state index >= 15 is 0 Å². The van der Waals surface area contributed by atoms with Crippen molar-refractivity contribution in [2.24, 2.45) is 0 Å². The van der Waals surface area contributed by atoms with Gasteiger partial charge >= 0.3 is 0 Å². The summed E-state index contributed by atoms with van der Waals surface area (Å²) in [6.45, 7) is 0. The van der Waals surface area contributed by atoms with Gasteiger partial charge in [-0.2, -0.15) is 0 Å². The number of para-hydroxylation sites is 1. The van der Waals surface area contributed by atoms with E-state index in [0.717, 1.165) is 17.1 Å². The minimum Gasteiger partial charge on any atom is -0.310 e. The summed E-state index contributed by atoms with van der Waals surface area (Å²) in [6.07, 6.45) is 0. The first-order chi connectivity index (χ1) is 28.3. The molecule has 0 heterocycles. The number of benzene rings is 10. The molecule has 0 N–H and O–H groups in total. The van der Waals surface area contributed by atoms with Crippen molar-refractivity contribution in [3.05, 3.63) is 237 Å². The van der Waals surface area contributed by atoms with E-state index < -0.39 is 0 Å². The molecule has 0 unspecified atom stereocenters. The van der Waals surface area contributed by atoms with Crippen LogP contribution in [0.3, 0.4) is 0 Å². The lowest BCUT2D eigenvalue weighted by molar-refractivity contribution is 1.30. The van der Waals surface area contributed by atoms with Crippen molar-refractivity contribution in [1.29, 1.82) is 0 Å². The van der Waals surface area contributed by atoms with Gasteiger partial charge in [-0.1, -0.05) is 200 Å². The van der Waals surface area contributed by atoms with Crippen LogP contribution in [0.1, 0.15) is 0 Å². The Labute approximate surface area is 334 Å². The molecule has 0 aliphatic rings. The van der Waals surface area contributed by atoms with E-state index in [0.29, 0.717) is 0 Å². The first-order valence-electron chi connectivity index (χ1n) is 19.6. The van der Waals surface area contributed by atoms with Gasteiger partial charge in [-0.3, -0.25) is 0 Å². The standard InChI is InChI=1S/C56H39N/c1-6-19-41(20-7-1)48-38-35-45(39-52(48)42-21-8-2-9-22-42)40-33-36-47(37-34-40)57(46-27-14-5-15-28-46)53-32-18-31-51-49-29-16-17-30-50(49)54(43-23-10-3-11-24-43)55(56(51)53)44-25-12-4-13-26-44/h1-39H. The molecule has 0 bridgehead atoms. The molecule has 57 heavy (non-hydrogen) atoms. The number of hydrogen-bond acceptors (Lipinski definition) is 1. The van der Waals surface area contributed by atoms with E-state index in [4.69, 9.17) is 0 Å². The van der Waals surface area contributed by atoms with Crippen molar-refractivity contribution in [1.82, 2.24) is 0 Å². The summed E-state index contributed by atoms with van der Waals surface area (Å²) in [5.41, 5.74) is 15.4. The van der Waals surface area contributed by atoms with E-state index in [2.05, 4.69) is 241 Å². The maximum atomic E-state index is 2.43. The largest absolute Gasteiger partial charge is 0.310 e. The van der Waals surface area contributed by atoms with E-state index in [1.807, 2.05) is 0 Å². The van der Waals surface area contributed by atoms with Gasteiger partial charge < -0.3 is 4.90 Å².